The largest absolute Gasteiger partial charge is 0.370 e. The van der Waals surface area contributed by atoms with E-state index >= 15 is 0 Å². The van der Waals surface area contributed by atoms with Gasteiger partial charge in [-0.25, -0.2) is 14.8 Å². The van der Waals surface area contributed by atoms with Gasteiger partial charge in [-0.3, -0.25) is 0 Å². The van der Waals surface area contributed by atoms with Crippen LogP contribution in [0.5, 0.6) is 0 Å². The lowest BCUT2D eigenvalue weighted by Crippen LogP contribution is -2.37. The first-order chi connectivity index (χ1) is 10.1. The molecule has 3 N–H and O–H groups in total. The highest BCUT2D eigenvalue weighted by Gasteiger charge is 2.09. The number of amides is 2. The number of rotatable bonds is 8. The Bertz CT molecular complexity index is 449. The standard InChI is InChI=1S/C14H26N6O/c1-5-7-15-12-11(6-2)13(19-10-18-12)16-8-9-17-14(21)20(3)4/h10H,5-9H2,1-4H3,(H,17,21)(H2,15,16,18,19). The summed E-state index contributed by atoms with van der Waals surface area (Å²) < 4.78 is 0. The molecule has 1 rings (SSSR count). The summed E-state index contributed by atoms with van der Waals surface area (Å²) >= 11 is 0. The van der Waals surface area contributed by atoms with Gasteiger partial charge in [0.1, 0.15) is 18.0 Å². The number of anilines is 2. The van der Waals surface area contributed by atoms with Crippen LogP contribution in [0.15, 0.2) is 6.33 Å². The molecule has 1 heterocycles. The van der Waals surface area contributed by atoms with E-state index in [1.165, 1.54) is 4.90 Å². The van der Waals surface area contributed by atoms with Crippen LogP contribution in [-0.4, -0.2) is 54.6 Å². The average molecular weight is 294 g/mol. The van der Waals surface area contributed by atoms with Gasteiger partial charge in [0.15, 0.2) is 0 Å². The third-order valence-electron chi connectivity index (χ3n) is 2.94. The van der Waals surface area contributed by atoms with Gasteiger partial charge in [-0.2, -0.15) is 0 Å². The maximum absolute atomic E-state index is 11.4. The Hall–Kier alpha value is -2.05. The molecule has 0 spiro atoms. The van der Waals surface area contributed by atoms with E-state index in [-0.39, 0.29) is 6.03 Å². The van der Waals surface area contributed by atoms with E-state index in [4.69, 9.17) is 0 Å². The molecule has 7 heteroatoms. The predicted octanol–water partition coefficient (Wildman–Crippen LogP) is 1.54. The van der Waals surface area contributed by atoms with Crippen LogP contribution in [0.2, 0.25) is 0 Å². The lowest BCUT2D eigenvalue weighted by Gasteiger charge is -2.15. The number of nitrogens with zero attached hydrogens (tertiary/aromatic N) is 3. The Labute approximate surface area is 126 Å². The van der Waals surface area contributed by atoms with Gasteiger partial charge in [0.05, 0.1) is 0 Å². The minimum atomic E-state index is -0.0968. The molecule has 0 aromatic carbocycles. The summed E-state index contributed by atoms with van der Waals surface area (Å²) in [6.45, 7) is 6.25. The second-order valence-electron chi connectivity index (χ2n) is 4.88. The molecule has 7 nitrogen and oxygen atoms in total. The van der Waals surface area contributed by atoms with Gasteiger partial charge in [0.25, 0.3) is 0 Å². The number of hydrogen-bond acceptors (Lipinski definition) is 5. The van der Waals surface area contributed by atoms with Crippen molar-refractivity contribution < 1.29 is 4.79 Å². The maximum Gasteiger partial charge on any atom is 0.316 e. The van der Waals surface area contributed by atoms with Crippen molar-refractivity contribution >= 4 is 17.7 Å². The van der Waals surface area contributed by atoms with Gasteiger partial charge in [-0.05, 0) is 12.8 Å². The highest BCUT2D eigenvalue weighted by molar-refractivity contribution is 5.73. The van der Waals surface area contributed by atoms with Gasteiger partial charge in [0, 0.05) is 39.3 Å². The third kappa shape index (κ3) is 5.45. The molecular weight excluding hydrogens is 268 g/mol. The molecule has 0 unspecified atom stereocenters. The van der Waals surface area contributed by atoms with Crippen molar-refractivity contribution in [2.75, 3.05) is 44.4 Å². The lowest BCUT2D eigenvalue weighted by molar-refractivity contribution is 0.218. The minimum Gasteiger partial charge on any atom is -0.370 e. The summed E-state index contributed by atoms with van der Waals surface area (Å²) in [7, 11) is 3.43. The summed E-state index contributed by atoms with van der Waals surface area (Å²) in [5.41, 5.74) is 1.07. The van der Waals surface area contributed by atoms with Crippen molar-refractivity contribution in [2.24, 2.45) is 0 Å². The van der Waals surface area contributed by atoms with E-state index in [0.29, 0.717) is 13.1 Å². The van der Waals surface area contributed by atoms with Gasteiger partial charge >= 0.3 is 6.03 Å². The summed E-state index contributed by atoms with van der Waals surface area (Å²) in [4.78, 5) is 21.5. The molecule has 0 aliphatic rings. The van der Waals surface area contributed by atoms with Gasteiger partial charge in [-0.1, -0.05) is 13.8 Å². The number of hydrogen-bond donors (Lipinski definition) is 3. The molecule has 0 fully saturated rings. The second-order valence-corrected chi connectivity index (χ2v) is 4.88. The molecule has 0 atom stereocenters. The van der Waals surface area contributed by atoms with E-state index in [1.54, 1.807) is 20.4 Å². The van der Waals surface area contributed by atoms with Crippen LogP contribution in [0, 0.1) is 0 Å². The predicted molar refractivity (Wildman–Crippen MR) is 85.8 cm³/mol. The molecule has 118 valence electrons. The van der Waals surface area contributed by atoms with Crippen molar-refractivity contribution in [1.82, 2.24) is 20.2 Å². The molecule has 0 radical (unpaired) electrons. The van der Waals surface area contributed by atoms with Crippen LogP contribution < -0.4 is 16.0 Å². The molecule has 2 amide bonds. The Morgan fingerprint density at radius 2 is 1.71 bits per heavy atom. The van der Waals surface area contributed by atoms with Gasteiger partial charge in [-0.15, -0.1) is 0 Å². The second kappa shape index (κ2) is 8.99. The molecule has 0 aliphatic heterocycles. The molecule has 0 bridgehead atoms. The van der Waals surface area contributed by atoms with Crippen LogP contribution in [0.4, 0.5) is 16.4 Å². The molecule has 0 aliphatic carbocycles. The van der Waals surface area contributed by atoms with E-state index < -0.39 is 0 Å². The smallest absolute Gasteiger partial charge is 0.316 e. The number of urea groups is 1. The molecule has 0 saturated heterocycles. The zero-order valence-electron chi connectivity index (χ0n) is 13.4. The first kappa shape index (κ1) is 17.0. The Kier molecular flexibility index (Phi) is 7.28. The minimum absolute atomic E-state index is 0.0968. The highest BCUT2D eigenvalue weighted by atomic mass is 16.2. The van der Waals surface area contributed by atoms with Gasteiger partial charge in [0.2, 0.25) is 0 Å². The van der Waals surface area contributed by atoms with E-state index in [0.717, 1.165) is 36.6 Å². The summed E-state index contributed by atoms with van der Waals surface area (Å²) in [6, 6.07) is -0.0968. The number of nitrogens with one attached hydrogen (secondary N) is 3. The molecule has 1 aromatic heterocycles. The maximum atomic E-state index is 11.4. The molecule has 1 aromatic rings. The van der Waals surface area contributed by atoms with Crippen molar-refractivity contribution in [1.29, 1.82) is 0 Å². The van der Waals surface area contributed by atoms with E-state index in [1.807, 2.05) is 0 Å². The zero-order chi connectivity index (χ0) is 15.7. The summed E-state index contributed by atoms with van der Waals surface area (Å²) in [5.74, 6) is 1.71. The number of carbonyl (C=O) groups excluding carboxylic acids is 1. The van der Waals surface area contributed by atoms with Gasteiger partial charge < -0.3 is 20.9 Å². The van der Waals surface area contributed by atoms with Crippen molar-refractivity contribution in [3.8, 4) is 0 Å². The van der Waals surface area contributed by atoms with E-state index in [9.17, 15) is 4.79 Å². The third-order valence-corrected chi connectivity index (χ3v) is 2.94. The fraction of sp³-hybridized carbons (Fsp3) is 0.643. The molecule has 0 saturated carbocycles. The van der Waals surface area contributed by atoms with Crippen molar-refractivity contribution in [3.63, 3.8) is 0 Å². The fourth-order valence-corrected chi connectivity index (χ4v) is 1.80. The highest BCUT2D eigenvalue weighted by Crippen LogP contribution is 2.19. The topological polar surface area (TPSA) is 82.2 Å². The normalized spacial score (nSPS) is 10.1. The lowest BCUT2D eigenvalue weighted by atomic mass is 10.2. The number of carbonyl (C=O) groups is 1. The molecular formula is C14H26N6O. The van der Waals surface area contributed by atoms with Crippen LogP contribution in [0.1, 0.15) is 25.8 Å². The van der Waals surface area contributed by atoms with Crippen LogP contribution >= 0.6 is 0 Å². The Morgan fingerprint density at radius 3 is 2.24 bits per heavy atom. The monoisotopic (exact) mass is 294 g/mol. The molecule has 21 heavy (non-hydrogen) atoms. The van der Waals surface area contributed by atoms with Crippen LogP contribution in [-0.2, 0) is 6.42 Å². The zero-order valence-corrected chi connectivity index (χ0v) is 13.4. The number of aromatic nitrogens is 2. The Morgan fingerprint density at radius 1 is 1.10 bits per heavy atom. The Balaban J connectivity index is 2.56. The van der Waals surface area contributed by atoms with Crippen molar-refractivity contribution in [2.45, 2.75) is 26.7 Å². The van der Waals surface area contributed by atoms with E-state index in [2.05, 4.69) is 39.8 Å². The fourth-order valence-electron chi connectivity index (χ4n) is 1.80. The first-order valence-electron chi connectivity index (χ1n) is 7.36. The quantitative estimate of drug-likeness (QED) is 0.634. The first-order valence-corrected chi connectivity index (χ1v) is 7.36. The van der Waals surface area contributed by atoms with Crippen molar-refractivity contribution in [3.05, 3.63) is 11.9 Å². The SMILES string of the molecule is CCCNc1ncnc(NCCNC(=O)N(C)C)c1CC. The average Bonchev–Trinajstić information content (AvgIpc) is 2.48. The van der Waals surface area contributed by atoms with Crippen LogP contribution in [0.3, 0.4) is 0 Å². The summed E-state index contributed by atoms with van der Waals surface area (Å²) in [6.07, 6.45) is 3.45. The van der Waals surface area contributed by atoms with Crippen LogP contribution in [0.25, 0.3) is 0 Å². The summed E-state index contributed by atoms with van der Waals surface area (Å²) in [5, 5.41) is 9.37.